The van der Waals surface area contributed by atoms with Crippen molar-refractivity contribution < 1.29 is 22.8 Å². The normalized spacial score (nSPS) is 12.2. The second-order valence-electron chi connectivity index (χ2n) is 8.79. The highest BCUT2D eigenvalue weighted by Crippen LogP contribution is 2.21. The number of carbonyl (C=O) groups excluding carboxylic acids is 3. The Morgan fingerprint density at radius 1 is 1.00 bits per heavy atom. The van der Waals surface area contributed by atoms with Crippen molar-refractivity contribution >= 4 is 33.3 Å². The second kappa shape index (κ2) is 12.5. The summed E-state index contributed by atoms with van der Waals surface area (Å²) >= 11 is 0. The first kappa shape index (κ1) is 28.0. The van der Waals surface area contributed by atoms with Gasteiger partial charge in [0.1, 0.15) is 12.6 Å². The fraction of sp³-hybridized carbons (Fsp3) is 0.423. The van der Waals surface area contributed by atoms with E-state index in [1.807, 2.05) is 51.1 Å². The van der Waals surface area contributed by atoms with Crippen molar-refractivity contribution in [2.45, 2.75) is 52.6 Å². The fourth-order valence-corrected chi connectivity index (χ4v) is 4.61. The molecule has 2 amide bonds. The highest BCUT2D eigenvalue weighted by atomic mass is 32.2. The van der Waals surface area contributed by atoms with Crippen LogP contribution in [0.25, 0.3) is 0 Å². The zero-order valence-corrected chi connectivity index (χ0v) is 21.8. The highest BCUT2D eigenvalue weighted by molar-refractivity contribution is 7.92. The van der Waals surface area contributed by atoms with Gasteiger partial charge in [-0.25, -0.2) is 8.42 Å². The minimum Gasteiger partial charge on any atom is -0.352 e. The molecule has 0 aliphatic heterocycles. The van der Waals surface area contributed by atoms with Crippen molar-refractivity contribution in [2.75, 3.05) is 23.7 Å². The minimum atomic E-state index is -3.85. The second-order valence-corrected chi connectivity index (χ2v) is 10.7. The Labute approximate surface area is 208 Å². The highest BCUT2D eigenvalue weighted by Gasteiger charge is 2.31. The molecule has 2 aromatic carbocycles. The number of sulfonamides is 1. The van der Waals surface area contributed by atoms with Crippen molar-refractivity contribution in [1.29, 1.82) is 0 Å². The Bertz CT molecular complexity index is 1130. The van der Waals surface area contributed by atoms with Crippen LogP contribution in [0.5, 0.6) is 0 Å². The maximum absolute atomic E-state index is 13.6. The molecule has 0 heterocycles. The van der Waals surface area contributed by atoms with Crippen molar-refractivity contribution in [3.05, 3.63) is 65.7 Å². The Kier molecular flexibility index (Phi) is 10.0. The lowest BCUT2D eigenvalue weighted by molar-refractivity contribution is -0.139. The number of nitrogens with zero attached hydrogens (tertiary/aromatic N) is 2. The predicted molar refractivity (Wildman–Crippen MR) is 138 cm³/mol. The minimum absolute atomic E-state index is 0.107. The van der Waals surface area contributed by atoms with E-state index < -0.39 is 28.5 Å². The first-order chi connectivity index (χ1) is 16.4. The maximum Gasteiger partial charge on any atom is 0.244 e. The van der Waals surface area contributed by atoms with Crippen LogP contribution in [-0.2, 0) is 26.0 Å². The van der Waals surface area contributed by atoms with Crippen molar-refractivity contribution in [1.82, 2.24) is 10.2 Å². The largest absolute Gasteiger partial charge is 0.352 e. The van der Waals surface area contributed by atoms with Gasteiger partial charge < -0.3 is 10.2 Å². The maximum atomic E-state index is 13.6. The lowest BCUT2D eigenvalue weighted by Gasteiger charge is -2.33. The van der Waals surface area contributed by atoms with E-state index in [9.17, 15) is 22.8 Å². The molecule has 1 atom stereocenters. The van der Waals surface area contributed by atoms with Gasteiger partial charge in [0.2, 0.25) is 21.8 Å². The molecule has 0 bridgehead atoms. The van der Waals surface area contributed by atoms with Gasteiger partial charge in [0.15, 0.2) is 5.78 Å². The molecule has 35 heavy (non-hydrogen) atoms. The smallest absolute Gasteiger partial charge is 0.244 e. The fourth-order valence-electron chi connectivity index (χ4n) is 3.77. The van der Waals surface area contributed by atoms with E-state index in [2.05, 4.69) is 5.32 Å². The Balaban J connectivity index is 2.40. The molecule has 190 valence electrons. The van der Waals surface area contributed by atoms with Crippen LogP contribution < -0.4 is 9.62 Å². The molecule has 1 N–H and O–H groups in total. The molecule has 0 aromatic heterocycles. The van der Waals surface area contributed by atoms with E-state index in [1.165, 1.54) is 24.0 Å². The van der Waals surface area contributed by atoms with Crippen LogP contribution >= 0.6 is 0 Å². The van der Waals surface area contributed by atoms with Gasteiger partial charge in [0, 0.05) is 18.2 Å². The standard InChI is InChI=1S/C26H35N3O5S/c1-6-24(26(32)27-19(2)3)28(16-15-21-11-8-7-9-12-21)25(31)18-29(35(5,33)34)23-14-10-13-22(17-23)20(4)30/h7-14,17,19,24H,6,15-16,18H2,1-5H3,(H,27,32). The van der Waals surface area contributed by atoms with Crippen LogP contribution in [0.2, 0.25) is 0 Å². The molecule has 2 rings (SSSR count). The molecule has 0 fully saturated rings. The summed E-state index contributed by atoms with van der Waals surface area (Å²) in [5.74, 6) is -0.994. The average molecular weight is 502 g/mol. The van der Waals surface area contributed by atoms with Gasteiger partial charge in [0.05, 0.1) is 11.9 Å². The van der Waals surface area contributed by atoms with E-state index in [4.69, 9.17) is 0 Å². The van der Waals surface area contributed by atoms with Gasteiger partial charge in [-0.3, -0.25) is 18.7 Å². The van der Waals surface area contributed by atoms with Crippen LogP contribution in [0, 0.1) is 0 Å². The first-order valence-electron chi connectivity index (χ1n) is 11.7. The quantitative estimate of drug-likeness (QED) is 0.450. The van der Waals surface area contributed by atoms with E-state index >= 15 is 0 Å². The third kappa shape index (κ3) is 8.20. The molecule has 0 spiro atoms. The Hall–Kier alpha value is -3.20. The third-order valence-electron chi connectivity index (χ3n) is 5.52. The summed E-state index contributed by atoms with van der Waals surface area (Å²) in [5.41, 5.74) is 1.56. The topological polar surface area (TPSA) is 104 Å². The molecule has 0 saturated carbocycles. The molecule has 0 saturated heterocycles. The zero-order chi connectivity index (χ0) is 26.2. The number of hydrogen-bond acceptors (Lipinski definition) is 5. The van der Waals surface area contributed by atoms with Crippen molar-refractivity contribution in [3.63, 3.8) is 0 Å². The van der Waals surface area contributed by atoms with Crippen LogP contribution in [0.4, 0.5) is 5.69 Å². The van der Waals surface area contributed by atoms with Crippen molar-refractivity contribution in [3.8, 4) is 0 Å². The number of carbonyl (C=O) groups is 3. The predicted octanol–water partition coefficient (Wildman–Crippen LogP) is 3.03. The zero-order valence-electron chi connectivity index (χ0n) is 21.0. The monoisotopic (exact) mass is 501 g/mol. The van der Waals surface area contributed by atoms with Gasteiger partial charge in [0.25, 0.3) is 0 Å². The molecule has 9 heteroatoms. The lowest BCUT2D eigenvalue weighted by atomic mass is 10.1. The molecule has 8 nitrogen and oxygen atoms in total. The van der Waals surface area contributed by atoms with Crippen LogP contribution in [0.3, 0.4) is 0 Å². The number of amides is 2. The summed E-state index contributed by atoms with van der Waals surface area (Å²) in [6.07, 6.45) is 1.90. The number of hydrogen-bond donors (Lipinski definition) is 1. The molecule has 0 aliphatic carbocycles. The number of Topliss-reactive ketones (excluding diaryl/α,β-unsaturated/α-hetero) is 1. The average Bonchev–Trinajstić information content (AvgIpc) is 2.79. The summed E-state index contributed by atoms with van der Waals surface area (Å²) in [7, 11) is -3.85. The summed E-state index contributed by atoms with van der Waals surface area (Å²) < 4.78 is 26.3. The van der Waals surface area contributed by atoms with Gasteiger partial charge in [-0.2, -0.15) is 0 Å². The Morgan fingerprint density at radius 2 is 1.66 bits per heavy atom. The summed E-state index contributed by atoms with van der Waals surface area (Å²) in [6.45, 7) is 6.65. The molecular formula is C26H35N3O5S. The SMILES string of the molecule is CCC(C(=O)NC(C)C)N(CCc1ccccc1)C(=O)CN(c1cccc(C(C)=O)c1)S(C)(=O)=O. The van der Waals surface area contributed by atoms with E-state index in [0.717, 1.165) is 16.1 Å². The molecule has 1 unspecified atom stereocenters. The first-order valence-corrected chi connectivity index (χ1v) is 13.5. The number of nitrogens with one attached hydrogen (secondary N) is 1. The number of rotatable bonds is 12. The van der Waals surface area contributed by atoms with Crippen LogP contribution in [0.1, 0.15) is 50.0 Å². The van der Waals surface area contributed by atoms with Gasteiger partial charge in [-0.05, 0) is 51.3 Å². The van der Waals surface area contributed by atoms with Gasteiger partial charge >= 0.3 is 0 Å². The number of ketones is 1. The van der Waals surface area contributed by atoms with Crippen molar-refractivity contribution in [2.24, 2.45) is 0 Å². The summed E-state index contributed by atoms with van der Waals surface area (Å²) in [5, 5.41) is 2.86. The van der Waals surface area contributed by atoms with Gasteiger partial charge in [-0.15, -0.1) is 0 Å². The van der Waals surface area contributed by atoms with Gasteiger partial charge in [-0.1, -0.05) is 49.4 Å². The summed E-state index contributed by atoms with van der Waals surface area (Å²) in [6, 6.07) is 14.9. The molecular weight excluding hydrogens is 466 g/mol. The molecule has 2 aromatic rings. The number of benzene rings is 2. The van der Waals surface area contributed by atoms with E-state index in [1.54, 1.807) is 12.1 Å². The third-order valence-corrected chi connectivity index (χ3v) is 6.66. The lowest BCUT2D eigenvalue weighted by Crippen LogP contribution is -2.54. The summed E-state index contributed by atoms with van der Waals surface area (Å²) in [4.78, 5) is 39.8. The molecule has 0 radical (unpaired) electrons. The molecule has 0 aliphatic rings. The van der Waals surface area contributed by atoms with Crippen LogP contribution in [0.15, 0.2) is 54.6 Å². The Morgan fingerprint density at radius 3 is 2.20 bits per heavy atom. The van der Waals surface area contributed by atoms with Crippen LogP contribution in [-0.4, -0.2) is 62.3 Å². The van der Waals surface area contributed by atoms with E-state index in [0.29, 0.717) is 18.4 Å². The van der Waals surface area contributed by atoms with E-state index in [-0.39, 0.29) is 30.0 Å². The number of anilines is 1.